The van der Waals surface area contributed by atoms with E-state index >= 15 is 0 Å². The zero-order valence-corrected chi connectivity index (χ0v) is 13.7. The summed E-state index contributed by atoms with van der Waals surface area (Å²) in [7, 11) is 0. The second-order valence-electron chi connectivity index (χ2n) is 6.81. The van der Waals surface area contributed by atoms with Crippen molar-refractivity contribution in [2.45, 2.75) is 56.6 Å². The Hall–Kier alpha value is -2.30. The molecule has 24 heavy (non-hydrogen) atoms. The van der Waals surface area contributed by atoms with Crippen molar-refractivity contribution in [1.82, 2.24) is 15.5 Å². The molecule has 1 heterocycles. The molecule has 1 fully saturated rings. The van der Waals surface area contributed by atoms with Crippen LogP contribution in [0.1, 0.15) is 49.3 Å². The van der Waals surface area contributed by atoms with Gasteiger partial charge in [-0.1, -0.05) is 18.2 Å². The van der Waals surface area contributed by atoms with Crippen LogP contribution in [0.2, 0.25) is 0 Å². The molecule has 0 bridgehead atoms. The van der Waals surface area contributed by atoms with Gasteiger partial charge in [-0.05, 0) is 56.2 Å². The highest BCUT2D eigenvalue weighted by Gasteiger charge is 2.32. The Labute approximate surface area is 141 Å². The molecule has 1 aromatic heterocycles. The van der Waals surface area contributed by atoms with E-state index < -0.39 is 0 Å². The number of benzene rings is 1. The van der Waals surface area contributed by atoms with Gasteiger partial charge in [0.2, 0.25) is 5.91 Å². The van der Waals surface area contributed by atoms with Gasteiger partial charge in [-0.15, -0.1) is 0 Å². The van der Waals surface area contributed by atoms with Gasteiger partial charge < -0.3 is 10.1 Å². The number of nitrogens with zero attached hydrogens (tertiary/aromatic N) is 1. The largest absolute Gasteiger partial charge is 0.490 e. The zero-order chi connectivity index (χ0) is 16.4. The van der Waals surface area contributed by atoms with Crippen LogP contribution >= 0.6 is 0 Å². The number of carbonyl (C=O) groups is 1. The fourth-order valence-corrected chi connectivity index (χ4v) is 3.85. The molecule has 5 nitrogen and oxygen atoms in total. The van der Waals surface area contributed by atoms with E-state index in [1.54, 1.807) is 0 Å². The van der Waals surface area contributed by atoms with Gasteiger partial charge in [-0.2, -0.15) is 5.10 Å². The first-order chi connectivity index (χ1) is 11.8. The molecule has 2 aliphatic carbocycles. The summed E-state index contributed by atoms with van der Waals surface area (Å²) in [6, 6.07) is 10.2. The Morgan fingerprint density at radius 2 is 1.92 bits per heavy atom. The van der Waals surface area contributed by atoms with Crippen LogP contribution in [0.15, 0.2) is 36.5 Å². The predicted octanol–water partition coefficient (Wildman–Crippen LogP) is 2.95. The number of rotatable bonds is 4. The molecule has 126 valence electrons. The van der Waals surface area contributed by atoms with Crippen molar-refractivity contribution in [3.63, 3.8) is 0 Å². The number of ether oxygens (including phenoxy) is 1. The molecule has 2 aromatic rings. The Morgan fingerprint density at radius 3 is 2.71 bits per heavy atom. The molecule has 0 aliphatic heterocycles. The van der Waals surface area contributed by atoms with Gasteiger partial charge in [0, 0.05) is 6.04 Å². The van der Waals surface area contributed by atoms with Crippen molar-refractivity contribution < 1.29 is 9.53 Å². The van der Waals surface area contributed by atoms with E-state index in [9.17, 15) is 4.79 Å². The smallest absolute Gasteiger partial charge is 0.229 e. The summed E-state index contributed by atoms with van der Waals surface area (Å²) in [5, 5.41) is 10.3. The first-order valence-electron chi connectivity index (χ1n) is 8.84. The maximum absolute atomic E-state index is 12.6. The number of aryl methyl sites for hydroxylation is 1. The van der Waals surface area contributed by atoms with Crippen molar-refractivity contribution in [3.8, 4) is 5.75 Å². The highest BCUT2D eigenvalue weighted by molar-refractivity contribution is 5.84. The van der Waals surface area contributed by atoms with Gasteiger partial charge in [0.15, 0.2) is 0 Å². The number of aromatic amines is 1. The minimum absolute atomic E-state index is 0.0548. The number of fused-ring (bicyclic) bond motifs is 1. The number of H-pyrrole nitrogens is 1. The highest BCUT2D eigenvalue weighted by Crippen LogP contribution is 2.32. The van der Waals surface area contributed by atoms with E-state index in [0.29, 0.717) is 0 Å². The lowest BCUT2D eigenvalue weighted by molar-refractivity contribution is -0.123. The third kappa shape index (κ3) is 3.16. The second kappa shape index (κ2) is 6.67. The van der Waals surface area contributed by atoms with Gasteiger partial charge in [0.05, 0.1) is 23.9 Å². The fourth-order valence-electron chi connectivity index (χ4n) is 3.85. The Morgan fingerprint density at radius 1 is 1.12 bits per heavy atom. The van der Waals surface area contributed by atoms with Crippen LogP contribution in [-0.2, 0) is 11.2 Å². The lowest BCUT2D eigenvalue weighted by atomic mass is 9.92. The molecule has 2 aliphatic rings. The lowest BCUT2D eigenvalue weighted by Gasteiger charge is -2.30. The summed E-state index contributed by atoms with van der Waals surface area (Å²) in [6.45, 7) is 0. The van der Waals surface area contributed by atoms with Crippen LogP contribution in [0.3, 0.4) is 0 Å². The van der Waals surface area contributed by atoms with E-state index in [4.69, 9.17) is 4.74 Å². The maximum atomic E-state index is 12.6. The average molecular weight is 325 g/mol. The summed E-state index contributed by atoms with van der Waals surface area (Å²) in [5.41, 5.74) is 2.20. The molecule has 4 rings (SSSR count). The van der Waals surface area contributed by atoms with Crippen LogP contribution in [0, 0.1) is 0 Å². The van der Waals surface area contributed by atoms with E-state index in [-0.39, 0.29) is 24.0 Å². The van der Waals surface area contributed by atoms with Crippen molar-refractivity contribution in [3.05, 3.63) is 47.8 Å². The third-order valence-electron chi connectivity index (χ3n) is 5.19. The number of aromatic nitrogens is 2. The standard InChI is InChI=1S/C19H23N3O2/c23-19(17-11-6-13-12-20-22-18(13)17)21-14-7-9-16(10-8-14)24-15-4-2-1-3-5-15/h1-5,12,14,16-17H,6-11H2,(H,20,22)(H,21,23). The number of hydrogen-bond acceptors (Lipinski definition) is 3. The summed E-state index contributed by atoms with van der Waals surface area (Å²) < 4.78 is 6.02. The van der Waals surface area contributed by atoms with E-state index in [0.717, 1.165) is 50.0 Å². The summed E-state index contributed by atoms with van der Waals surface area (Å²) in [6.07, 6.45) is 7.86. The molecule has 1 aromatic carbocycles. The van der Waals surface area contributed by atoms with Gasteiger partial charge in [-0.25, -0.2) is 0 Å². The predicted molar refractivity (Wildman–Crippen MR) is 90.9 cm³/mol. The summed E-state index contributed by atoms with van der Waals surface area (Å²) >= 11 is 0. The number of hydrogen-bond donors (Lipinski definition) is 2. The molecule has 0 spiro atoms. The molecule has 0 radical (unpaired) electrons. The van der Waals surface area contributed by atoms with Crippen molar-refractivity contribution >= 4 is 5.91 Å². The fraction of sp³-hybridized carbons (Fsp3) is 0.474. The number of nitrogens with one attached hydrogen (secondary N) is 2. The minimum atomic E-state index is -0.0548. The molecule has 1 atom stereocenters. The van der Waals surface area contributed by atoms with Gasteiger partial charge >= 0.3 is 0 Å². The third-order valence-corrected chi connectivity index (χ3v) is 5.19. The van der Waals surface area contributed by atoms with Crippen molar-refractivity contribution in [1.29, 1.82) is 0 Å². The minimum Gasteiger partial charge on any atom is -0.490 e. The molecular weight excluding hydrogens is 302 g/mol. The number of para-hydroxylation sites is 1. The molecule has 1 unspecified atom stereocenters. The molecule has 5 heteroatoms. The molecule has 1 amide bonds. The van der Waals surface area contributed by atoms with Gasteiger partial charge in [0.1, 0.15) is 5.75 Å². The van der Waals surface area contributed by atoms with Gasteiger partial charge in [-0.3, -0.25) is 9.89 Å². The Bertz CT molecular complexity index is 690. The normalized spacial score (nSPS) is 25.9. The Balaban J connectivity index is 1.27. The SMILES string of the molecule is O=C(NC1CCC(Oc2ccccc2)CC1)C1CCc2cn[nH]c21. The average Bonchev–Trinajstić information content (AvgIpc) is 3.21. The first kappa shape index (κ1) is 15.2. The lowest BCUT2D eigenvalue weighted by Crippen LogP contribution is -2.41. The Kier molecular flexibility index (Phi) is 4.24. The number of amides is 1. The van der Waals surface area contributed by atoms with E-state index in [1.807, 2.05) is 36.5 Å². The quantitative estimate of drug-likeness (QED) is 0.908. The monoisotopic (exact) mass is 325 g/mol. The zero-order valence-electron chi connectivity index (χ0n) is 13.7. The number of carbonyl (C=O) groups excluding carboxylic acids is 1. The molecule has 2 N–H and O–H groups in total. The van der Waals surface area contributed by atoms with Crippen molar-refractivity contribution in [2.24, 2.45) is 0 Å². The first-order valence-corrected chi connectivity index (χ1v) is 8.84. The van der Waals surface area contributed by atoms with Crippen LogP contribution in [0.25, 0.3) is 0 Å². The van der Waals surface area contributed by atoms with E-state index in [2.05, 4.69) is 15.5 Å². The van der Waals surface area contributed by atoms with Crippen LogP contribution in [-0.4, -0.2) is 28.3 Å². The topological polar surface area (TPSA) is 67.0 Å². The maximum Gasteiger partial charge on any atom is 0.229 e. The highest BCUT2D eigenvalue weighted by atomic mass is 16.5. The molecule has 1 saturated carbocycles. The molecule has 0 saturated heterocycles. The summed E-state index contributed by atoms with van der Waals surface area (Å²) in [5.74, 6) is 1.02. The van der Waals surface area contributed by atoms with Gasteiger partial charge in [0.25, 0.3) is 0 Å². The van der Waals surface area contributed by atoms with Crippen molar-refractivity contribution in [2.75, 3.05) is 0 Å². The second-order valence-corrected chi connectivity index (χ2v) is 6.81. The van der Waals surface area contributed by atoms with Crippen LogP contribution < -0.4 is 10.1 Å². The van der Waals surface area contributed by atoms with E-state index in [1.165, 1.54) is 5.56 Å². The summed E-state index contributed by atoms with van der Waals surface area (Å²) in [4.78, 5) is 12.6. The van der Waals surface area contributed by atoms with Crippen LogP contribution in [0.4, 0.5) is 0 Å². The molecular formula is C19H23N3O2. The van der Waals surface area contributed by atoms with Crippen LogP contribution in [0.5, 0.6) is 5.75 Å².